The van der Waals surface area contributed by atoms with Gasteiger partial charge in [0.25, 0.3) is 5.91 Å². The maximum atomic E-state index is 11.8. The Labute approximate surface area is 149 Å². The third kappa shape index (κ3) is 5.48. The summed E-state index contributed by atoms with van der Waals surface area (Å²) in [5.74, 6) is -1.57. The molecule has 1 aromatic heterocycles. The molecule has 0 aliphatic rings. The summed E-state index contributed by atoms with van der Waals surface area (Å²) in [6, 6.07) is 9.66. The molecule has 0 unspecified atom stereocenters. The van der Waals surface area contributed by atoms with Gasteiger partial charge >= 0.3 is 11.9 Å². The van der Waals surface area contributed by atoms with E-state index >= 15 is 0 Å². The molecule has 136 valence electrons. The lowest BCUT2D eigenvalue weighted by molar-refractivity contribution is -0.402. The Balaban J connectivity index is 1.79. The molecule has 26 heavy (non-hydrogen) atoms. The molecule has 1 N–H and O–H groups in total. The number of hydrogen-bond donors (Lipinski definition) is 1. The predicted molar refractivity (Wildman–Crippen MR) is 94.8 cm³/mol. The number of rotatable bonds is 7. The summed E-state index contributed by atoms with van der Waals surface area (Å²) in [4.78, 5) is 35.1. The number of carbonyl (C=O) groups excluding carboxylic acids is 2. The van der Waals surface area contributed by atoms with E-state index in [1.54, 1.807) is 12.1 Å². The van der Waals surface area contributed by atoms with Gasteiger partial charge in [0.1, 0.15) is 10.7 Å². The van der Waals surface area contributed by atoms with Gasteiger partial charge in [-0.2, -0.15) is 0 Å². The van der Waals surface area contributed by atoms with E-state index < -0.39 is 29.3 Å². The van der Waals surface area contributed by atoms with Crippen LogP contribution in [0.15, 0.2) is 46.9 Å². The molecule has 0 fully saturated rings. The van der Waals surface area contributed by atoms with Crippen LogP contribution in [-0.4, -0.2) is 37.5 Å². The summed E-state index contributed by atoms with van der Waals surface area (Å²) >= 11 is 0. The zero-order valence-corrected chi connectivity index (χ0v) is 14.2. The molecule has 1 aromatic carbocycles. The predicted octanol–water partition coefficient (Wildman–Crippen LogP) is 2.45. The number of nitro groups is 1. The van der Waals surface area contributed by atoms with Crippen LogP contribution in [0.1, 0.15) is 5.76 Å². The first-order chi connectivity index (χ1) is 12.3. The number of nitrogens with zero attached hydrogens (tertiary/aromatic N) is 2. The third-order valence-corrected chi connectivity index (χ3v) is 3.19. The van der Waals surface area contributed by atoms with Crippen molar-refractivity contribution in [3.05, 3.63) is 58.3 Å². The number of esters is 1. The Morgan fingerprint density at radius 1 is 1.23 bits per heavy atom. The Morgan fingerprint density at radius 2 is 1.92 bits per heavy atom. The number of anilines is 2. The lowest BCUT2D eigenvalue weighted by Gasteiger charge is -2.13. The number of carbonyl (C=O) groups is 2. The highest BCUT2D eigenvalue weighted by Gasteiger charge is 2.11. The number of amides is 1. The lowest BCUT2D eigenvalue weighted by Crippen LogP contribution is -2.20. The van der Waals surface area contributed by atoms with Gasteiger partial charge in [0.05, 0.1) is 6.07 Å². The van der Waals surface area contributed by atoms with E-state index in [4.69, 9.17) is 9.15 Å². The molecule has 9 nitrogen and oxygen atoms in total. The van der Waals surface area contributed by atoms with Crippen LogP contribution in [0, 0.1) is 10.1 Å². The molecule has 0 aliphatic carbocycles. The Morgan fingerprint density at radius 3 is 2.50 bits per heavy atom. The second-order valence-electron chi connectivity index (χ2n) is 5.36. The van der Waals surface area contributed by atoms with Gasteiger partial charge in [-0.05, 0) is 36.4 Å². The summed E-state index contributed by atoms with van der Waals surface area (Å²) in [5.41, 5.74) is 1.56. The molecular formula is C17H17N3O6. The highest BCUT2D eigenvalue weighted by atomic mass is 16.6. The molecule has 0 saturated heterocycles. The van der Waals surface area contributed by atoms with Crippen LogP contribution in [0.2, 0.25) is 0 Å². The van der Waals surface area contributed by atoms with Crippen molar-refractivity contribution in [2.45, 2.75) is 0 Å². The number of nitrogens with one attached hydrogen (secondary N) is 1. The average molecular weight is 359 g/mol. The minimum Gasteiger partial charge on any atom is -0.452 e. The number of hydrogen-bond acceptors (Lipinski definition) is 7. The molecule has 0 atom stereocenters. The first kappa shape index (κ1) is 18.7. The fourth-order valence-electron chi connectivity index (χ4n) is 1.90. The van der Waals surface area contributed by atoms with E-state index in [1.165, 1.54) is 18.2 Å². The smallest absolute Gasteiger partial charge is 0.433 e. The molecule has 2 rings (SSSR count). The van der Waals surface area contributed by atoms with Crippen molar-refractivity contribution in [2.75, 3.05) is 30.9 Å². The van der Waals surface area contributed by atoms with Crippen molar-refractivity contribution >= 4 is 35.2 Å². The van der Waals surface area contributed by atoms with E-state index in [0.29, 0.717) is 5.69 Å². The van der Waals surface area contributed by atoms with Crippen LogP contribution in [0.25, 0.3) is 6.08 Å². The van der Waals surface area contributed by atoms with Gasteiger partial charge in [-0.3, -0.25) is 14.9 Å². The zero-order chi connectivity index (χ0) is 19.1. The van der Waals surface area contributed by atoms with Crippen LogP contribution in [0.3, 0.4) is 0 Å². The van der Waals surface area contributed by atoms with E-state index in [1.807, 2.05) is 31.1 Å². The second kappa shape index (κ2) is 8.47. The maximum absolute atomic E-state index is 11.8. The number of benzene rings is 1. The minimum atomic E-state index is -0.776. The number of ether oxygens (including phenoxy) is 1. The van der Waals surface area contributed by atoms with E-state index in [-0.39, 0.29) is 5.76 Å². The van der Waals surface area contributed by atoms with Gasteiger partial charge in [0.15, 0.2) is 6.61 Å². The lowest BCUT2D eigenvalue weighted by atomic mass is 10.2. The topological polar surface area (TPSA) is 115 Å². The van der Waals surface area contributed by atoms with Crippen LogP contribution in [-0.2, 0) is 14.3 Å². The van der Waals surface area contributed by atoms with Crippen molar-refractivity contribution in [1.82, 2.24) is 0 Å². The maximum Gasteiger partial charge on any atom is 0.433 e. The monoisotopic (exact) mass is 359 g/mol. The van der Waals surface area contributed by atoms with Gasteiger partial charge in [-0.15, -0.1) is 0 Å². The molecular weight excluding hydrogens is 342 g/mol. The molecule has 0 saturated carbocycles. The SMILES string of the molecule is CN(C)c1ccc(NC(=O)COC(=O)/C=C/c2ccc([N+](=O)[O-])o2)cc1. The molecule has 0 radical (unpaired) electrons. The quantitative estimate of drug-likeness (QED) is 0.349. The van der Waals surface area contributed by atoms with Crippen LogP contribution in [0.4, 0.5) is 17.3 Å². The van der Waals surface area contributed by atoms with Gasteiger partial charge in [-0.25, -0.2) is 4.79 Å². The summed E-state index contributed by atoms with van der Waals surface area (Å²) in [5, 5.41) is 13.1. The molecule has 1 amide bonds. The van der Waals surface area contributed by atoms with Crippen LogP contribution < -0.4 is 10.2 Å². The molecule has 1 heterocycles. The normalized spacial score (nSPS) is 10.5. The van der Waals surface area contributed by atoms with Crippen molar-refractivity contribution in [3.8, 4) is 0 Å². The van der Waals surface area contributed by atoms with Gasteiger partial charge in [-0.1, -0.05) is 0 Å². The molecule has 9 heteroatoms. The van der Waals surface area contributed by atoms with Gasteiger partial charge < -0.3 is 19.4 Å². The average Bonchev–Trinajstić information content (AvgIpc) is 3.08. The first-order valence-electron chi connectivity index (χ1n) is 7.51. The van der Waals surface area contributed by atoms with Gasteiger partial charge in [0, 0.05) is 31.5 Å². The highest BCUT2D eigenvalue weighted by Crippen LogP contribution is 2.17. The molecule has 2 aromatic rings. The molecule has 0 aliphatic heterocycles. The minimum absolute atomic E-state index is 0.124. The standard InChI is InChI=1S/C17H17N3O6/c1-19(2)13-5-3-12(4-6-13)18-15(21)11-25-17(22)10-8-14-7-9-16(26-14)20(23)24/h3-10H,11H2,1-2H3,(H,18,21)/b10-8+. The fraction of sp³-hybridized carbons (Fsp3) is 0.176. The first-order valence-corrected chi connectivity index (χ1v) is 7.51. The summed E-state index contributed by atoms with van der Waals surface area (Å²) in [6.45, 7) is -0.461. The summed E-state index contributed by atoms with van der Waals surface area (Å²) in [7, 11) is 3.81. The van der Waals surface area contributed by atoms with E-state index in [0.717, 1.165) is 11.8 Å². The van der Waals surface area contributed by atoms with Crippen molar-refractivity contribution in [1.29, 1.82) is 0 Å². The Bertz CT molecular complexity index is 823. The molecule has 0 spiro atoms. The fourth-order valence-corrected chi connectivity index (χ4v) is 1.90. The van der Waals surface area contributed by atoms with Crippen molar-refractivity contribution in [2.24, 2.45) is 0 Å². The zero-order valence-electron chi connectivity index (χ0n) is 14.2. The third-order valence-electron chi connectivity index (χ3n) is 3.19. The largest absolute Gasteiger partial charge is 0.452 e. The van der Waals surface area contributed by atoms with Crippen molar-refractivity contribution < 1.29 is 23.7 Å². The van der Waals surface area contributed by atoms with E-state index in [9.17, 15) is 19.7 Å². The Kier molecular flexibility index (Phi) is 6.10. The second-order valence-corrected chi connectivity index (χ2v) is 5.36. The molecule has 0 bridgehead atoms. The van der Waals surface area contributed by atoms with Crippen molar-refractivity contribution in [3.63, 3.8) is 0 Å². The number of furan rings is 1. The highest BCUT2D eigenvalue weighted by molar-refractivity contribution is 5.94. The summed E-state index contributed by atoms with van der Waals surface area (Å²) < 4.78 is 9.64. The Hall–Kier alpha value is -3.62. The summed E-state index contributed by atoms with van der Waals surface area (Å²) in [6.07, 6.45) is 2.23. The van der Waals surface area contributed by atoms with Crippen LogP contribution >= 0.6 is 0 Å². The van der Waals surface area contributed by atoms with E-state index in [2.05, 4.69) is 5.32 Å². The van der Waals surface area contributed by atoms with Gasteiger partial charge in [0.2, 0.25) is 0 Å². The van der Waals surface area contributed by atoms with Crippen LogP contribution in [0.5, 0.6) is 0 Å².